The molecule has 0 N–H and O–H groups in total. The molecule has 0 saturated carbocycles. The molecule has 154 valence electrons. The molecule has 0 unspecified atom stereocenters. The molecule has 1 aliphatic heterocycles. The van der Waals surface area contributed by atoms with Gasteiger partial charge in [0, 0.05) is 32.2 Å². The molecule has 2 aromatic carbocycles. The smallest absolute Gasteiger partial charge is 0.246 e. The first kappa shape index (κ1) is 19.7. The van der Waals surface area contributed by atoms with Gasteiger partial charge in [-0.25, -0.2) is 13.4 Å². The third kappa shape index (κ3) is 3.93. The highest BCUT2D eigenvalue weighted by Crippen LogP contribution is 2.31. The second kappa shape index (κ2) is 8.02. The number of sulfonamides is 1. The van der Waals surface area contributed by atoms with Crippen LogP contribution >= 0.6 is 0 Å². The van der Waals surface area contributed by atoms with Crippen molar-refractivity contribution in [1.29, 1.82) is 0 Å². The molecule has 8 nitrogen and oxygen atoms in total. The standard InChI is InChI=1S/C20H23N3O5S/c1-26-15-7-8-18(27-2)19(13-15)29(24,25)23-11-9-22(10-12-23)14-20-21-16-5-3-4-6-17(16)28-20/h3-8,13H,9-12,14H2,1-2H3. The Balaban J connectivity index is 1.46. The van der Waals surface area contributed by atoms with E-state index < -0.39 is 10.0 Å². The minimum Gasteiger partial charge on any atom is -0.497 e. The van der Waals surface area contributed by atoms with Crippen LogP contribution in [0.2, 0.25) is 0 Å². The summed E-state index contributed by atoms with van der Waals surface area (Å²) in [4.78, 5) is 6.75. The number of methoxy groups -OCH3 is 2. The molecule has 9 heteroatoms. The molecule has 0 aliphatic carbocycles. The fraction of sp³-hybridized carbons (Fsp3) is 0.350. The van der Waals surface area contributed by atoms with Crippen molar-refractivity contribution in [2.75, 3.05) is 40.4 Å². The number of rotatable bonds is 6. The van der Waals surface area contributed by atoms with E-state index in [9.17, 15) is 8.42 Å². The van der Waals surface area contributed by atoms with Crippen LogP contribution in [0.3, 0.4) is 0 Å². The highest BCUT2D eigenvalue weighted by Gasteiger charge is 2.31. The van der Waals surface area contributed by atoms with Crippen LogP contribution in [0.1, 0.15) is 5.89 Å². The van der Waals surface area contributed by atoms with Crippen molar-refractivity contribution in [3.8, 4) is 11.5 Å². The lowest BCUT2D eigenvalue weighted by atomic mass is 10.3. The Labute approximate surface area is 169 Å². The van der Waals surface area contributed by atoms with Crippen molar-refractivity contribution >= 4 is 21.1 Å². The van der Waals surface area contributed by atoms with Crippen LogP contribution in [0.5, 0.6) is 11.5 Å². The fourth-order valence-corrected chi connectivity index (χ4v) is 5.02. The van der Waals surface area contributed by atoms with Gasteiger partial charge < -0.3 is 13.9 Å². The van der Waals surface area contributed by atoms with Crippen molar-refractivity contribution in [2.45, 2.75) is 11.4 Å². The fourth-order valence-electron chi connectivity index (χ4n) is 3.43. The summed E-state index contributed by atoms with van der Waals surface area (Å²) in [5.74, 6) is 1.41. The number of piperazine rings is 1. The molecule has 0 atom stereocenters. The Kier molecular flexibility index (Phi) is 5.44. The van der Waals surface area contributed by atoms with Crippen molar-refractivity contribution in [3.05, 3.63) is 48.4 Å². The lowest BCUT2D eigenvalue weighted by Crippen LogP contribution is -2.48. The summed E-state index contributed by atoms with van der Waals surface area (Å²) in [6.45, 7) is 2.48. The first-order valence-corrected chi connectivity index (χ1v) is 10.7. The van der Waals surface area contributed by atoms with Gasteiger partial charge in [0.15, 0.2) is 5.58 Å². The van der Waals surface area contributed by atoms with Crippen LogP contribution in [0.15, 0.2) is 51.8 Å². The molecule has 1 aliphatic rings. The molecule has 3 aromatic rings. The number of benzene rings is 2. The summed E-state index contributed by atoms with van der Waals surface area (Å²) < 4.78 is 44.0. The zero-order valence-corrected chi connectivity index (χ0v) is 17.2. The van der Waals surface area contributed by atoms with Gasteiger partial charge >= 0.3 is 0 Å². The van der Waals surface area contributed by atoms with Gasteiger partial charge in [0.2, 0.25) is 15.9 Å². The van der Waals surface area contributed by atoms with Crippen LogP contribution in [-0.4, -0.2) is 63.0 Å². The molecule has 4 rings (SSSR count). The van der Waals surface area contributed by atoms with E-state index in [1.165, 1.54) is 24.6 Å². The molecule has 1 fully saturated rings. The zero-order valence-electron chi connectivity index (χ0n) is 16.4. The molecule has 0 amide bonds. The Morgan fingerprint density at radius 2 is 1.79 bits per heavy atom. The maximum atomic E-state index is 13.2. The number of aromatic nitrogens is 1. The van der Waals surface area contributed by atoms with Crippen molar-refractivity contribution in [2.24, 2.45) is 0 Å². The van der Waals surface area contributed by atoms with Crippen LogP contribution in [-0.2, 0) is 16.6 Å². The number of ether oxygens (including phenoxy) is 2. The molecule has 1 aromatic heterocycles. The zero-order chi connectivity index (χ0) is 20.4. The first-order chi connectivity index (χ1) is 14.0. The average Bonchev–Trinajstić information content (AvgIpc) is 3.16. The minimum atomic E-state index is -3.69. The van der Waals surface area contributed by atoms with Crippen molar-refractivity contribution < 1.29 is 22.3 Å². The lowest BCUT2D eigenvalue weighted by Gasteiger charge is -2.33. The van der Waals surface area contributed by atoms with Gasteiger partial charge in [-0.3, -0.25) is 4.90 Å². The number of fused-ring (bicyclic) bond motifs is 1. The Bertz CT molecular complexity index is 1070. The molecule has 29 heavy (non-hydrogen) atoms. The molecule has 2 heterocycles. The predicted octanol–water partition coefficient (Wildman–Crippen LogP) is 2.35. The van der Waals surface area contributed by atoms with Crippen LogP contribution in [0.4, 0.5) is 0 Å². The second-order valence-electron chi connectivity index (χ2n) is 6.77. The summed E-state index contributed by atoms with van der Waals surface area (Å²) in [5.41, 5.74) is 1.59. The van der Waals surface area contributed by atoms with E-state index in [1.807, 2.05) is 24.3 Å². The van der Waals surface area contributed by atoms with E-state index in [2.05, 4.69) is 9.88 Å². The SMILES string of the molecule is COc1ccc(OC)c(S(=O)(=O)N2CCN(Cc3nc4ccccc4o3)CC2)c1. The minimum absolute atomic E-state index is 0.117. The van der Waals surface area contributed by atoms with E-state index in [0.29, 0.717) is 50.1 Å². The number of para-hydroxylation sites is 2. The van der Waals surface area contributed by atoms with Gasteiger partial charge in [-0.2, -0.15) is 4.31 Å². The van der Waals surface area contributed by atoms with Gasteiger partial charge in [0.05, 0.1) is 20.8 Å². The molecule has 0 radical (unpaired) electrons. The quantitative estimate of drug-likeness (QED) is 0.609. The van der Waals surface area contributed by atoms with Crippen molar-refractivity contribution in [3.63, 3.8) is 0 Å². The van der Waals surface area contributed by atoms with Crippen LogP contribution < -0.4 is 9.47 Å². The summed E-state index contributed by atoms with van der Waals surface area (Å²) >= 11 is 0. The molecule has 0 bridgehead atoms. The lowest BCUT2D eigenvalue weighted by molar-refractivity contribution is 0.169. The Hall–Kier alpha value is -2.62. The van der Waals surface area contributed by atoms with Gasteiger partial charge in [0.1, 0.15) is 21.9 Å². The maximum absolute atomic E-state index is 13.2. The number of hydrogen-bond acceptors (Lipinski definition) is 7. The highest BCUT2D eigenvalue weighted by atomic mass is 32.2. The topological polar surface area (TPSA) is 85.1 Å². The van der Waals surface area contributed by atoms with Crippen LogP contribution in [0, 0.1) is 0 Å². The summed E-state index contributed by atoms with van der Waals surface area (Å²) in [6.07, 6.45) is 0. The van der Waals surface area contributed by atoms with E-state index in [1.54, 1.807) is 12.1 Å². The second-order valence-corrected chi connectivity index (χ2v) is 8.68. The first-order valence-electron chi connectivity index (χ1n) is 9.30. The molecular weight excluding hydrogens is 394 g/mol. The Morgan fingerprint density at radius 1 is 1.03 bits per heavy atom. The monoisotopic (exact) mass is 417 g/mol. The van der Waals surface area contributed by atoms with Gasteiger partial charge in [-0.15, -0.1) is 0 Å². The van der Waals surface area contributed by atoms with E-state index in [4.69, 9.17) is 13.9 Å². The van der Waals surface area contributed by atoms with Gasteiger partial charge in [-0.1, -0.05) is 12.1 Å². The summed E-state index contributed by atoms with van der Waals surface area (Å²) in [5, 5.41) is 0. The summed E-state index contributed by atoms with van der Waals surface area (Å²) in [6, 6.07) is 12.4. The highest BCUT2D eigenvalue weighted by molar-refractivity contribution is 7.89. The number of nitrogens with zero attached hydrogens (tertiary/aromatic N) is 3. The third-order valence-corrected chi connectivity index (χ3v) is 6.94. The predicted molar refractivity (Wildman–Crippen MR) is 108 cm³/mol. The van der Waals surface area contributed by atoms with E-state index in [0.717, 1.165) is 11.1 Å². The maximum Gasteiger partial charge on any atom is 0.246 e. The molecule has 1 saturated heterocycles. The number of oxazole rings is 1. The van der Waals surface area contributed by atoms with Crippen LogP contribution in [0.25, 0.3) is 11.1 Å². The van der Waals surface area contributed by atoms with Gasteiger partial charge in [0.25, 0.3) is 0 Å². The van der Waals surface area contributed by atoms with E-state index >= 15 is 0 Å². The van der Waals surface area contributed by atoms with Gasteiger partial charge in [-0.05, 0) is 24.3 Å². The molecular formula is C20H23N3O5S. The largest absolute Gasteiger partial charge is 0.497 e. The normalized spacial score (nSPS) is 16.2. The Morgan fingerprint density at radius 3 is 2.48 bits per heavy atom. The number of hydrogen-bond donors (Lipinski definition) is 0. The summed E-state index contributed by atoms with van der Waals surface area (Å²) in [7, 11) is -0.731. The third-order valence-electron chi connectivity index (χ3n) is 5.02. The van der Waals surface area contributed by atoms with Crippen molar-refractivity contribution in [1.82, 2.24) is 14.2 Å². The molecule has 0 spiro atoms. The van der Waals surface area contributed by atoms with E-state index in [-0.39, 0.29) is 4.90 Å². The average molecular weight is 417 g/mol.